The van der Waals surface area contributed by atoms with E-state index in [2.05, 4.69) is 6.58 Å². The molecule has 3 heterocycles. The van der Waals surface area contributed by atoms with E-state index < -0.39 is 53.2 Å². The van der Waals surface area contributed by atoms with Gasteiger partial charge >= 0.3 is 18.0 Å². The molecule has 0 aromatic heterocycles. The summed E-state index contributed by atoms with van der Waals surface area (Å²) in [5, 5.41) is 1.23. The van der Waals surface area contributed by atoms with Crippen molar-refractivity contribution >= 4 is 35.8 Å². The number of hydroxylamine groups is 4. The Kier molecular flexibility index (Phi) is 6.75. The first-order chi connectivity index (χ1) is 15.4. The Morgan fingerprint density at radius 2 is 1.27 bits per heavy atom. The summed E-state index contributed by atoms with van der Waals surface area (Å²) in [7, 11) is 0. The van der Waals surface area contributed by atoms with Crippen molar-refractivity contribution < 1.29 is 43.2 Å². The lowest BCUT2D eigenvalue weighted by Crippen LogP contribution is -2.51. The number of piperidine rings is 1. The predicted molar refractivity (Wildman–Crippen MR) is 108 cm³/mol. The summed E-state index contributed by atoms with van der Waals surface area (Å²) in [6.07, 6.45) is -0.455. The van der Waals surface area contributed by atoms with Crippen molar-refractivity contribution in [3.8, 4) is 0 Å². The van der Waals surface area contributed by atoms with E-state index in [-0.39, 0.29) is 38.8 Å². The SMILES string of the molecule is C=C1CCC(=O)N1OC(=O)[C@H]1C[C@@H](C(=O)ON2C(=O)CCC2=O)CN(C(=O)OC(C)(C)C)C1. The molecule has 4 amide bonds. The zero-order valence-corrected chi connectivity index (χ0v) is 18.8. The Morgan fingerprint density at radius 1 is 0.818 bits per heavy atom. The number of hydrogen-bond acceptors (Lipinski definition) is 9. The van der Waals surface area contributed by atoms with Crippen LogP contribution in [0.4, 0.5) is 4.79 Å². The van der Waals surface area contributed by atoms with Gasteiger partial charge in [0.25, 0.3) is 17.7 Å². The number of carbonyl (C=O) groups excluding carboxylic acids is 6. The predicted octanol–water partition coefficient (Wildman–Crippen LogP) is 1.06. The summed E-state index contributed by atoms with van der Waals surface area (Å²) >= 11 is 0. The molecule has 33 heavy (non-hydrogen) atoms. The van der Waals surface area contributed by atoms with E-state index in [0.717, 1.165) is 5.06 Å². The molecule has 0 aromatic rings. The topological polar surface area (TPSA) is 140 Å². The van der Waals surface area contributed by atoms with Crippen LogP contribution in [0.3, 0.4) is 0 Å². The third kappa shape index (κ3) is 5.68. The molecule has 0 aromatic carbocycles. The second-order valence-electron chi connectivity index (χ2n) is 9.17. The first-order valence-electron chi connectivity index (χ1n) is 10.6. The average Bonchev–Trinajstić information content (AvgIpc) is 3.22. The van der Waals surface area contributed by atoms with Crippen LogP contribution < -0.4 is 0 Å². The minimum absolute atomic E-state index is 0.0660. The number of allylic oxidation sites excluding steroid dienone is 1. The third-order valence-electron chi connectivity index (χ3n) is 5.28. The van der Waals surface area contributed by atoms with Crippen molar-refractivity contribution in [1.29, 1.82) is 0 Å². The van der Waals surface area contributed by atoms with E-state index in [0.29, 0.717) is 17.2 Å². The third-order valence-corrected chi connectivity index (χ3v) is 5.28. The van der Waals surface area contributed by atoms with E-state index >= 15 is 0 Å². The summed E-state index contributed by atoms with van der Waals surface area (Å²) < 4.78 is 5.35. The molecule has 3 saturated heterocycles. The van der Waals surface area contributed by atoms with Gasteiger partial charge in [0.1, 0.15) is 5.60 Å². The zero-order chi connectivity index (χ0) is 24.5. The maximum Gasteiger partial charge on any atom is 0.410 e. The maximum absolute atomic E-state index is 12.8. The fourth-order valence-electron chi connectivity index (χ4n) is 3.65. The van der Waals surface area contributed by atoms with Crippen molar-refractivity contribution in [2.75, 3.05) is 13.1 Å². The van der Waals surface area contributed by atoms with E-state index in [4.69, 9.17) is 14.4 Å². The van der Waals surface area contributed by atoms with E-state index in [9.17, 15) is 28.8 Å². The smallest absolute Gasteiger partial charge is 0.410 e. The summed E-state index contributed by atoms with van der Waals surface area (Å²) in [4.78, 5) is 85.0. The lowest BCUT2D eigenvalue weighted by Gasteiger charge is -2.36. The second kappa shape index (κ2) is 9.20. The van der Waals surface area contributed by atoms with Crippen LogP contribution in [0.1, 0.15) is 52.9 Å². The van der Waals surface area contributed by atoms with E-state index in [1.165, 1.54) is 4.90 Å². The van der Waals surface area contributed by atoms with Gasteiger partial charge in [0, 0.05) is 32.4 Å². The van der Waals surface area contributed by atoms with Crippen molar-refractivity contribution in [1.82, 2.24) is 15.0 Å². The number of carbonyl (C=O) groups is 6. The van der Waals surface area contributed by atoms with Crippen LogP contribution in [-0.4, -0.2) is 69.5 Å². The van der Waals surface area contributed by atoms with Crippen LogP contribution in [0.25, 0.3) is 0 Å². The second-order valence-corrected chi connectivity index (χ2v) is 9.17. The summed E-state index contributed by atoms with van der Waals surface area (Å²) in [6, 6.07) is 0. The van der Waals surface area contributed by atoms with Gasteiger partial charge in [-0.05, 0) is 33.6 Å². The highest BCUT2D eigenvalue weighted by molar-refractivity contribution is 6.01. The normalized spacial score (nSPS) is 23.8. The van der Waals surface area contributed by atoms with Crippen LogP contribution in [0, 0.1) is 11.8 Å². The largest absolute Gasteiger partial charge is 0.444 e. The van der Waals surface area contributed by atoms with Gasteiger partial charge in [0.05, 0.1) is 17.5 Å². The number of nitrogens with zero attached hydrogens (tertiary/aromatic N) is 3. The maximum atomic E-state index is 12.8. The molecule has 12 heteroatoms. The molecule has 0 unspecified atom stereocenters. The molecule has 0 saturated carbocycles. The van der Waals surface area contributed by atoms with E-state index in [1.54, 1.807) is 20.8 Å². The van der Waals surface area contributed by atoms with Crippen LogP contribution in [0.5, 0.6) is 0 Å². The monoisotopic (exact) mass is 465 g/mol. The van der Waals surface area contributed by atoms with Crippen LogP contribution in [0.15, 0.2) is 12.3 Å². The van der Waals surface area contributed by atoms with Gasteiger partial charge in [-0.25, -0.2) is 14.4 Å². The molecule has 3 rings (SSSR count). The first-order valence-corrected chi connectivity index (χ1v) is 10.6. The van der Waals surface area contributed by atoms with Gasteiger partial charge in [0.15, 0.2) is 0 Å². The molecule has 12 nitrogen and oxygen atoms in total. The molecule has 0 N–H and O–H groups in total. The molecule has 0 bridgehead atoms. The Balaban J connectivity index is 1.75. The summed E-state index contributed by atoms with van der Waals surface area (Å²) in [6.45, 7) is 8.42. The molecule has 180 valence electrons. The van der Waals surface area contributed by atoms with E-state index in [1.807, 2.05) is 0 Å². The van der Waals surface area contributed by atoms with Gasteiger partial charge in [-0.2, -0.15) is 0 Å². The average molecular weight is 465 g/mol. The molecule has 3 aliphatic heterocycles. The minimum Gasteiger partial charge on any atom is -0.444 e. The number of hydrogen-bond donors (Lipinski definition) is 0. The fourth-order valence-corrected chi connectivity index (χ4v) is 3.65. The van der Waals surface area contributed by atoms with Gasteiger partial charge in [0.2, 0.25) is 0 Å². The number of imide groups is 1. The highest BCUT2D eigenvalue weighted by atomic mass is 16.7. The molecule has 2 atom stereocenters. The van der Waals surface area contributed by atoms with Crippen molar-refractivity contribution in [3.63, 3.8) is 0 Å². The summed E-state index contributed by atoms with van der Waals surface area (Å²) in [5.41, 5.74) is -0.496. The lowest BCUT2D eigenvalue weighted by atomic mass is 9.89. The van der Waals surface area contributed by atoms with Crippen molar-refractivity contribution in [2.45, 2.75) is 58.5 Å². The van der Waals surface area contributed by atoms with Crippen molar-refractivity contribution in [2.24, 2.45) is 11.8 Å². The summed E-state index contributed by atoms with van der Waals surface area (Å²) in [5.74, 6) is -5.50. The Hall–Kier alpha value is -3.44. The number of rotatable bonds is 4. The van der Waals surface area contributed by atoms with Gasteiger partial charge < -0.3 is 19.3 Å². The fraction of sp³-hybridized carbons (Fsp3) is 0.619. The molecule has 0 aliphatic carbocycles. The zero-order valence-electron chi connectivity index (χ0n) is 18.8. The number of amides is 4. The van der Waals surface area contributed by atoms with Crippen molar-refractivity contribution in [3.05, 3.63) is 12.3 Å². The standard InChI is InChI=1S/C21H27N3O9/c1-12-5-6-15(25)23(12)32-18(28)13-9-14(11-22(10-13)20(30)31-21(2,3)4)19(29)33-24-16(26)7-8-17(24)27/h13-14H,1,5-11H2,2-4H3/t13-,14+/m0/s1. The minimum atomic E-state index is -1.04. The molecule has 3 aliphatic rings. The quantitative estimate of drug-likeness (QED) is 0.557. The Bertz CT molecular complexity index is 817. The van der Waals surface area contributed by atoms with Crippen LogP contribution >= 0.6 is 0 Å². The molecule has 0 spiro atoms. The van der Waals surface area contributed by atoms with Gasteiger partial charge in [-0.1, -0.05) is 6.58 Å². The Labute approximate surface area is 190 Å². The highest BCUT2D eigenvalue weighted by Gasteiger charge is 2.43. The molecule has 3 fully saturated rings. The Morgan fingerprint density at radius 3 is 1.73 bits per heavy atom. The molecular formula is C21H27N3O9. The molecular weight excluding hydrogens is 438 g/mol. The number of likely N-dealkylation sites (tertiary alicyclic amines) is 1. The number of ether oxygens (including phenoxy) is 1. The van der Waals surface area contributed by atoms with Gasteiger partial charge in [-0.15, -0.1) is 10.1 Å². The van der Waals surface area contributed by atoms with Crippen LogP contribution in [0.2, 0.25) is 0 Å². The molecule has 0 radical (unpaired) electrons. The van der Waals surface area contributed by atoms with Gasteiger partial charge in [-0.3, -0.25) is 14.4 Å². The van der Waals surface area contributed by atoms with Crippen LogP contribution in [-0.2, 0) is 38.4 Å². The first kappa shape index (κ1) is 24.2. The highest BCUT2D eigenvalue weighted by Crippen LogP contribution is 2.29. The lowest BCUT2D eigenvalue weighted by molar-refractivity contribution is -0.203.